The second-order valence-corrected chi connectivity index (χ2v) is 6.55. The predicted octanol–water partition coefficient (Wildman–Crippen LogP) is 3.25. The highest BCUT2D eigenvalue weighted by molar-refractivity contribution is 7.09. The summed E-state index contributed by atoms with van der Waals surface area (Å²) in [5, 5.41) is 2.14. The molecule has 108 valence electrons. The molecule has 0 bridgehead atoms. The summed E-state index contributed by atoms with van der Waals surface area (Å²) in [7, 11) is 1.85. The number of nitrogens with one attached hydrogen (secondary N) is 1. The third kappa shape index (κ3) is 3.78. The summed E-state index contributed by atoms with van der Waals surface area (Å²) in [5.74, 6) is 5.83. The van der Waals surface area contributed by atoms with Crippen LogP contribution in [0.15, 0.2) is 17.5 Å². The molecule has 0 amide bonds. The Bertz CT molecular complexity index is 345. The molecule has 3 N–H and O–H groups in total. The smallest absolute Gasteiger partial charge is 0.0844 e. The number of methoxy groups -OCH3 is 1. The maximum absolute atomic E-state index is 5.94. The fourth-order valence-corrected chi connectivity index (χ4v) is 3.99. The Kier molecular flexibility index (Phi) is 5.82. The van der Waals surface area contributed by atoms with Crippen LogP contribution in [0.2, 0.25) is 0 Å². The number of nitrogens with two attached hydrogens (primary N) is 1. The summed E-state index contributed by atoms with van der Waals surface area (Å²) in [6.07, 6.45) is 9.55. The lowest BCUT2D eigenvalue weighted by Crippen LogP contribution is -2.54. The molecule has 3 nitrogen and oxygen atoms in total. The van der Waals surface area contributed by atoms with Crippen LogP contribution in [0.4, 0.5) is 0 Å². The molecule has 19 heavy (non-hydrogen) atoms. The average Bonchev–Trinajstić information content (AvgIpc) is 2.84. The van der Waals surface area contributed by atoms with Gasteiger partial charge in [-0.15, -0.1) is 11.3 Å². The van der Waals surface area contributed by atoms with Crippen molar-refractivity contribution >= 4 is 11.3 Å². The number of hydrogen-bond acceptors (Lipinski definition) is 4. The second kappa shape index (κ2) is 7.39. The summed E-state index contributed by atoms with van der Waals surface area (Å²) in [6, 6.07) is 4.56. The van der Waals surface area contributed by atoms with Crippen LogP contribution >= 0.6 is 11.3 Å². The van der Waals surface area contributed by atoms with Gasteiger partial charge in [0.15, 0.2) is 0 Å². The van der Waals surface area contributed by atoms with Crippen molar-refractivity contribution in [3.8, 4) is 0 Å². The molecule has 4 heteroatoms. The van der Waals surface area contributed by atoms with E-state index < -0.39 is 0 Å². The zero-order valence-corrected chi connectivity index (χ0v) is 12.7. The van der Waals surface area contributed by atoms with Crippen LogP contribution < -0.4 is 11.3 Å². The fraction of sp³-hybridized carbons (Fsp3) is 0.733. The summed E-state index contributed by atoms with van der Waals surface area (Å²) in [6.45, 7) is 0. The molecule has 1 fully saturated rings. The Balaban J connectivity index is 2.00. The van der Waals surface area contributed by atoms with Crippen LogP contribution in [0.3, 0.4) is 0 Å². The van der Waals surface area contributed by atoms with Gasteiger partial charge in [0.2, 0.25) is 0 Å². The van der Waals surface area contributed by atoms with Crippen LogP contribution in [0.25, 0.3) is 0 Å². The molecule has 1 aromatic rings. The topological polar surface area (TPSA) is 47.3 Å². The number of rotatable bonds is 6. The Morgan fingerprint density at radius 1 is 1.37 bits per heavy atom. The number of hydrogen-bond donors (Lipinski definition) is 2. The quantitative estimate of drug-likeness (QED) is 0.478. The van der Waals surface area contributed by atoms with E-state index in [0.717, 1.165) is 25.7 Å². The van der Waals surface area contributed by atoms with E-state index >= 15 is 0 Å². The zero-order valence-electron chi connectivity index (χ0n) is 11.9. The summed E-state index contributed by atoms with van der Waals surface area (Å²) in [5.41, 5.74) is 2.97. The molecule has 1 atom stereocenters. The van der Waals surface area contributed by atoms with Gasteiger partial charge in [-0.2, -0.15) is 0 Å². The van der Waals surface area contributed by atoms with Crippen molar-refractivity contribution in [1.82, 2.24) is 5.43 Å². The van der Waals surface area contributed by atoms with Gasteiger partial charge in [-0.1, -0.05) is 31.7 Å². The van der Waals surface area contributed by atoms with E-state index in [4.69, 9.17) is 10.6 Å². The molecular weight excluding hydrogens is 256 g/mol. The Hall–Kier alpha value is -0.420. The summed E-state index contributed by atoms with van der Waals surface area (Å²) in [4.78, 5) is 1.43. The Labute approximate surface area is 120 Å². The minimum absolute atomic E-state index is 0.0670. The molecule has 1 aliphatic carbocycles. The van der Waals surface area contributed by atoms with E-state index in [2.05, 4.69) is 22.9 Å². The molecule has 1 heterocycles. The van der Waals surface area contributed by atoms with Gasteiger partial charge in [-0.3, -0.25) is 11.3 Å². The van der Waals surface area contributed by atoms with E-state index in [0.29, 0.717) is 0 Å². The van der Waals surface area contributed by atoms with Crippen LogP contribution in [-0.2, 0) is 11.2 Å². The van der Waals surface area contributed by atoms with Crippen LogP contribution in [0, 0.1) is 0 Å². The maximum atomic E-state index is 5.94. The SMILES string of the molecule is COC1(C(CCc2cccs2)NN)CCCCCC1. The molecule has 1 saturated carbocycles. The first-order valence-corrected chi connectivity index (χ1v) is 8.22. The number of ether oxygens (including phenoxy) is 1. The van der Waals surface area contributed by atoms with Crippen molar-refractivity contribution in [3.63, 3.8) is 0 Å². The summed E-state index contributed by atoms with van der Waals surface area (Å²) < 4.78 is 5.94. The largest absolute Gasteiger partial charge is 0.377 e. The van der Waals surface area contributed by atoms with Gasteiger partial charge in [0.05, 0.1) is 11.6 Å². The molecule has 0 saturated heterocycles. The molecule has 0 radical (unpaired) electrons. The standard InChI is InChI=1S/C15H26N2OS/c1-18-15(10-4-2-3-5-11-15)14(17-16)9-8-13-7-6-12-19-13/h6-7,12,14,17H,2-5,8-11,16H2,1H3. The highest BCUT2D eigenvalue weighted by atomic mass is 32.1. The van der Waals surface area contributed by atoms with E-state index in [1.807, 2.05) is 18.4 Å². The molecule has 1 aromatic heterocycles. The van der Waals surface area contributed by atoms with E-state index in [-0.39, 0.29) is 11.6 Å². The third-order valence-corrected chi connectivity index (χ3v) is 5.39. The molecule has 0 aromatic carbocycles. The van der Waals surface area contributed by atoms with Gasteiger partial charge in [-0.05, 0) is 37.1 Å². The van der Waals surface area contributed by atoms with Crippen molar-refractivity contribution in [2.45, 2.75) is 63.0 Å². The fourth-order valence-electron chi connectivity index (χ4n) is 3.26. The highest BCUT2D eigenvalue weighted by Crippen LogP contribution is 2.34. The van der Waals surface area contributed by atoms with Crippen LogP contribution in [-0.4, -0.2) is 18.8 Å². The van der Waals surface area contributed by atoms with Gasteiger partial charge in [-0.25, -0.2) is 0 Å². The zero-order chi connectivity index (χ0) is 13.6. The van der Waals surface area contributed by atoms with Gasteiger partial charge in [0, 0.05) is 12.0 Å². The second-order valence-electron chi connectivity index (χ2n) is 5.52. The van der Waals surface area contributed by atoms with Gasteiger partial charge in [0.25, 0.3) is 0 Å². The van der Waals surface area contributed by atoms with Crippen molar-refractivity contribution in [1.29, 1.82) is 0 Å². The minimum Gasteiger partial charge on any atom is -0.377 e. The molecule has 0 spiro atoms. The van der Waals surface area contributed by atoms with E-state index in [1.165, 1.54) is 30.6 Å². The van der Waals surface area contributed by atoms with Crippen LogP contribution in [0.5, 0.6) is 0 Å². The molecule has 1 aliphatic rings. The van der Waals surface area contributed by atoms with E-state index in [1.54, 1.807) is 0 Å². The van der Waals surface area contributed by atoms with Gasteiger partial charge >= 0.3 is 0 Å². The van der Waals surface area contributed by atoms with Crippen molar-refractivity contribution in [2.24, 2.45) is 5.84 Å². The third-order valence-electron chi connectivity index (χ3n) is 4.45. The Morgan fingerprint density at radius 3 is 2.63 bits per heavy atom. The van der Waals surface area contributed by atoms with Crippen molar-refractivity contribution in [2.75, 3.05) is 7.11 Å². The lowest BCUT2D eigenvalue weighted by Gasteiger charge is -2.39. The van der Waals surface area contributed by atoms with Crippen LogP contribution in [0.1, 0.15) is 49.8 Å². The molecule has 2 rings (SSSR count). The van der Waals surface area contributed by atoms with Crippen molar-refractivity contribution in [3.05, 3.63) is 22.4 Å². The first-order chi connectivity index (χ1) is 9.30. The van der Waals surface area contributed by atoms with Gasteiger partial charge in [0.1, 0.15) is 0 Å². The number of thiophene rings is 1. The van der Waals surface area contributed by atoms with Gasteiger partial charge < -0.3 is 4.74 Å². The average molecular weight is 282 g/mol. The number of hydrazine groups is 1. The van der Waals surface area contributed by atoms with Crippen molar-refractivity contribution < 1.29 is 4.74 Å². The minimum atomic E-state index is -0.0670. The first-order valence-electron chi connectivity index (χ1n) is 7.34. The number of aryl methyl sites for hydroxylation is 1. The predicted molar refractivity (Wildman–Crippen MR) is 81.2 cm³/mol. The first kappa shape index (κ1) is 15.0. The molecular formula is C15H26N2OS. The lowest BCUT2D eigenvalue weighted by molar-refractivity contribution is -0.0547. The Morgan fingerprint density at radius 2 is 2.11 bits per heavy atom. The normalized spacial score (nSPS) is 20.9. The highest BCUT2D eigenvalue weighted by Gasteiger charge is 2.38. The lowest BCUT2D eigenvalue weighted by atomic mass is 9.84. The van der Waals surface area contributed by atoms with E-state index in [9.17, 15) is 0 Å². The monoisotopic (exact) mass is 282 g/mol. The summed E-state index contributed by atoms with van der Waals surface area (Å²) >= 11 is 1.82. The molecule has 0 aliphatic heterocycles. The molecule has 1 unspecified atom stereocenters. The maximum Gasteiger partial charge on any atom is 0.0844 e.